The second-order valence-corrected chi connectivity index (χ2v) is 7.32. The third-order valence-corrected chi connectivity index (χ3v) is 5.07. The molecule has 30 heavy (non-hydrogen) atoms. The van der Waals surface area contributed by atoms with E-state index in [1.807, 2.05) is 23.6 Å². The van der Waals surface area contributed by atoms with Gasteiger partial charge in [0.05, 0.1) is 11.4 Å². The summed E-state index contributed by atoms with van der Waals surface area (Å²) in [5.74, 6) is -0.429. The Bertz CT molecular complexity index is 1030. The Kier molecular flexibility index (Phi) is 6.88. The molecule has 0 saturated heterocycles. The number of hydrogen-bond donors (Lipinski definition) is 1. The molecule has 0 unspecified atom stereocenters. The molecule has 1 N–H and O–H groups in total. The van der Waals surface area contributed by atoms with Crippen molar-refractivity contribution in [1.82, 2.24) is 14.8 Å². The third kappa shape index (κ3) is 5.67. The van der Waals surface area contributed by atoms with Gasteiger partial charge >= 0.3 is 6.36 Å². The molecule has 3 aromatic rings. The van der Waals surface area contributed by atoms with Crippen molar-refractivity contribution < 1.29 is 22.7 Å². The van der Waals surface area contributed by atoms with Gasteiger partial charge in [0.2, 0.25) is 5.91 Å². The number of carbonyl (C=O) groups is 1. The average molecular weight is 457 g/mol. The first kappa shape index (κ1) is 22.0. The number of alkyl halides is 3. The van der Waals surface area contributed by atoms with Gasteiger partial charge in [-0.2, -0.15) is 0 Å². The van der Waals surface area contributed by atoms with E-state index in [1.165, 1.54) is 18.2 Å². The number of ether oxygens (including phenoxy) is 1. The molecule has 0 aliphatic heterocycles. The van der Waals surface area contributed by atoms with Crippen molar-refractivity contribution in [3.63, 3.8) is 0 Å². The number of benzene rings is 2. The lowest BCUT2D eigenvalue weighted by Gasteiger charge is -2.13. The number of rotatable bonds is 7. The molecule has 1 heterocycles. The van der Waals surface area contributed by atoms with E-state index < -0.39 is 18.0 Å². The highest BCUT2D eigenvalue weighted by Gasteiger charge is 2.32. The van der Waals surface area contributed by atoms with E-state index in [4.69, 9.17) is 11.6 Å². The highest BCUT2D eigenvalue weighted by molar-refractivity contribution is 7.99. The predicted octanol–water partition coefficient (Wildman–Crippen LogP) is 5.25. The molecule has 158 valence electrons. The lowest BCUT2D eigenvalue weighted by atomic mass is 10.2. The summed E-state index contributed by atoms with van der Waals surface area (Å²) < 4.78 is 43.3. The number of hydrogen-bond acceptors (Lipinski definition) is 5. The number of halogens is 4. The highest BCUT2D eigenvalue weighted by Crippen LogP contribution is 2.30. The van der Waals surface area contributed by atoms with Gasteiger partial charge in [-0.3, -0.25) is 4.79 Å². The quantitative estimate of drug-likeness (QED) is 0.492. The van der Waals surface area contributed by atoms with Crippen LogP contribution >= 0.6 is 23.4 Å². The van der Waals surface area contributed by atoms with Gasteiger partial charge in [0, 0.05) is 17.1 Å². The number of aromatic nitrogens is 3. The van der Waals surface area contributed by atoms with Crippen molar-refractivity contribution in [3.8, 4) is 17.1 Å². The van der Waals surface area contributed by atoms with Gasteiger partial charge in [-0.15, -0.1) is 23.4 Å². The molecule has 0 radical (unpaired) electrons. The molecular formula is C19H16ClF3N4O2S. The minimum absolute atomic E-state index is 0.0702. The topological polar surface area (TPSA) is 69.0 Å². The van der Waals surface area contributed by atoms with Gasteiger partial charge in [-0.05, 0) is 43.3 Å². The Labute approximate surface area is 179 Å². The average Bonchev–Trinajstić information content (AvgIpc) is 3.10. The van der Waals surface area contributed by atoms with Gasteiger partial charge < -0.3 is 14.6 Å². The molecule has 6 nitrogen and oxygen atoms in total. The standard InChI is InChI=1S/C19H16ClF3N4O2S/c1-2-27-17(12-7-9-13(20)10-8-12)25-26-18(27)30-11-16(28)24-14-5-3-4-6-15(14)29-19(21,22)23/h3-10H,2,11H2,1H3,(H,24,28). The van der Waals surface area contributed by atoms with Crippen LogP contribution in [0.2, 0.25) is 5.02 Å². The van der Waals surface area contributed by atoms with E-state index in [0.717, 1.165) is 23.4 Å². The zero-order chi connectivity index (χ0) is 21.7. The fourth-order valence-electron chi connectivity index (χ4n) is 2.59. The van der Waals surface area contributed by atoms with Crippen LogP contribution in [0.25, 0.3) is 11.4 Å². The Morgan fingerprint density at radius 3 is 2.53 bits per heavy atom. The number of para-hydroxylation sites is 2. The molecule has 3 rings (SSSR count). The molecule has 0 fully saturated rings. The summed E-state index contributed by atoms with van der Waals surface area (Å²) in [7, 11) is 0. The van der Waals surface area contributed by atoms with Crippen LogP contribution < -0.4 is 10.1 Å². The lowest BCUT2D eigenvalue weighted by molar-refractivity contribution is -0.274. The highest BCUT2D eigenvalue weighted by atomic mass is 35.5. The zero-order valence-electron chi connectivity index (χ0n) is 15.6. The third-order valence-electron chi connectivity index (χ3n) is 3.85. The number of anilines is 1. The van der Waals surface area contributed by atoms with Crippen LogP contribution in [0.3, 0.4) is 0 Å². The Hall–Kier alpha value is -2.72. The Balaban J connectivity index is 1.68. The number of nitrogens with one attached hydrogen (secondary N) is 1. The largest absolute Gasteiger partial charge is 0.573 e. The van der Waals surface area contributed by atoms with Crippen molar-refractivity contribution in [2.24, 2.45) is 0 Å². The van der Waals surface area contributed by atoms with E-state index >= 15 is 0 Å². The maximum Gasteiger partial charge on any atom is 0.573 e. The molecule has 0 saturated carbocycles. The summed E-state index contributed by atoms with van der Waals surface area (Å²) in [5.41, 5.74) is 0.752. The van der Waals surface area contributed by atoms with Gasteiger partial charge in [0.15, 0.2) is 16.7 Å². The van der Waals surface area contributed by atoms with Crippen LogP contribution in [-0.2, 0) is 11.3 Å². The fraction of sp³-hybridized carbons (Fsp3) is 0.211. The van der Waals surface area contributed by atoms with E-state index in [0.29, 0.717) is 22.5 Å². The smallest absolute Gasteiger partial charge is 0.404 e. The minimum atomic E-state index is -4.86. The Morgan fingerprint density at radius 1 is 1.17 bits per heavy atom. The first-order valence-corrected chi connectivity index (χ1v) is 10.1. The van der Waals surface area contributed by atoms with Crippen molar-refractivity contribution in [2.75, 3.05) is 11.1 Å². The molecule has 1 aromatic heterocycles. The van der Waals surface area contributed by atoms with Crippen LogP contribution in [0, 0.1) is 0 Å². The fourth-order valence-corrected chi connectivity index (χ4v) is 3.52. The van der Waals surface area contributed by atoms with Crippen LogP contribution in [0.5, 0.6) is 5.75 Å². The molecule has 0 bridgehead atoms. The number of carbonyl (C=O) groups excluding carboxylic acids is 1. The number of nitrogens with zero attached hydrogens (tertiary/aromatic N) is 3. The molecule has 0 atom stereocenters. The molecular weight excluding hydrogens is 441 g/mol. The van der Waals surface area contributed by atoms with Crippen molar-refractivity contribution in [2.45, 2.75) is 25.0 Å². The molecule has 0 aliphatic carbocycles. The first-order valence-electron chi connectivity index (χ1n) is 8.73. The van der Waals surface area contributed by atoms with E-state index in [2.05, 4.69) is 20.3 Å². The van der Waals surface area contributed by atoms with Crippen molar-refractivity contribution in [3.05, 3.63) is 53.6 Å². The maximum atomic E-state index is 12.5. The van der Waals surface area contributed by atoms with E-state index in [-0.39, 0.29) is 11.4 Å². The zero-order valence-corrected chi connectivity index (χ0v) is 17.2. The first-order chi connectivity index (χ1) is 14.3. The van der Waals surface area contributed by atoms with Crippen LogP contribution in [0.4, 0.5) is 18.9 Å². The molecule has 0 aliphatic rings. The lowest BCUT2D eigenvalue weighted by Crippen LogP contribution is -2.20. The van der Waals surface area contributed by atoms with Crippen LogP contribution in [0.1, 0.15) is 6.92 Å². The molecule has 11 heteroatoms. The monoisotopic (exact) mass is 456 g/mol. The summed E-state index contributed by atoms with van der Waals surface area (Å²) in [6, 6.07) is 12.5. The minimum Gasteiger partial charge on any atom is -0.404 e. The second-order valence-electron chi connectivity index (χ2n) is 5.94. The van der Waals surface area contributed by atoms with Gasteiger partial charge in [-0.25, -0.2) is 0 Å². The molecule has 0 spiro atoms. The summed E-state index contributed by atoms with van der Waals surface area (Å²) in [4.78, 5) is 12.3. The second kappa shape index (κ2) is 9.40. The summed E-state index contributed by atoms with van der Waals surface area (Å²) in [6.07, 6.45) is -4.86. The number of amides is 1. The van der Waals surface area contributed by atoms with Crippen LogP contribution in [0.15, 0.2) is 53.7 Å². The maximum absolute atomic E-state index is 12.5. The normalized spacial score (nSPS) is 11.4. The predicted molar refractivity (Wildman–Crippen MR) is 109 cm³/mol. The van der Waals surface area contributed by atoms with Gasteiger partial charge in [-0.1, -0.05) is 35.5 Å². The van der Waals surface area contributed by atoms with Gasteiger partial charge in [0.25, 0.3) is 0 Å². The molecule has 1 amide bonds. The van der Waals surface area contributed by atoms with Gasteiger partial charge in [0.1, 0.15) is 0 Å². The van der Waals surface area contributed by atoms with Crippen molar-refractivity contribution in [1.29, 1.82) is 0 Å². The Morgan fingerprint density at radius 2 is 1.87 bits per heavy atom. The van der Waals surface area contributed by atoms with Crippen molar-refractivity contribution >= 4 is 35.0 Å². The van der Waals surface area contributed by atoms with Crippen LogP contribution in [-0.4, -0.2) is 32.8 Å². The SMILES string of the molecule is CCn1c(SCC(=O)Nc2ccccc2OC(F)(F)F)nnc1-c1ccc(Cl)cc1. The summed E-state index contributed by atoms with van der Waals surface area (Å²) in [5, 5.41) is 11.8. The summed E-state index contributed by atoms with van der Waals surface area (Å²) in [6.45, 7) is 2.48. The summed E-state index contributed by atoms with van der Waals surface area (Å²) >= 11 is 7.04. The van der Waals surface area contributed by atoms with E-state index in [9.17, 15) is 18.0 Å². The number of thioether (sulfide) groups is 1. The van der Waals surface area contributed by atoms with E-state index in [1.54, 1.807) is 12.1 Å². The molecule has 2 aromatic carbocycles.